The number of aliphatic hydroxyl groups is 2. The van der Waals surface area contributed by atoms with Gasteiger partial charge in [-0.1, -0.05) is 19.1 Å². The van der Waals surface area contributed by atoms with E-state index in [-0.39, 0.29) is 30.5 Å². The predicted octanol–water partition coefficient (Wildman–Crippen LogP) is 2.74. The van der Waals surface area contributed by atoms with Crippen LogP contribution in [0, 0.1) is 5.92 Å². The number of nitrogens with zero attached hydrogens (tertiary/aromatic N) is 1. The van der Waals surface area contributed by atoms with Crippen LogP contribution in [0.2, 0.25) is 18.6 Å². The van der Waals surface area contributed by atoms with E-state index in [0.29, 0.717) is 29.1 Å². The molecule has 4 rings (SSSR count). The number of carbonyl (C=O) groups is 2. The maximum Gasteiger partial charge on any atom is 0.264 e. The molecule has 0 radical (unpaired) electrons. The fourth-order valence-electron chi connectivity index (χ4n) is 5.91. The Bertz CT molecular complexity index is 1180. The second kappa shape index (κ2) is 10.2. The molecule has 10 heteroatoms. The number of aliphatic hydroxyl groups excluding tert-OH is 2. The van der Waals surface area contributed by atoms with E-state index in [4.69, 9.17) is 9.47 Å². The van der Waals surface area contributed by atoms with E-state index in [1.165, 1.54) is 6.92 Å². The van der Waals surface area contributed by atoms with Gasteiger partial charge in [-0.25, -0.2) is 0 Å². The number of ether oxygens (including phenoxy) is 2. The molecule has 9 nitrogen and oxygen atoms in total. The first-order valence-electron chi connectivity index (χ1n) is 12.5. The number of benzene rings is 2. The molecule has 2 aliphatic heterocycles. The largest absolute Gasteiger partial charge is 0.497 e. The van der Waals surface area contributed by atoms with Gasteiger partial charge in [0.15, 0.2) is 13.9 Å². The third-order valence-corrected chi connectivity index (χ3v) is 10.0. The van der Waals surface area contributed by atoms with E-state index in [1.807, 2.05) is 38.2 Å². The topological polar surface area (TPSA) is 129 Å². The van der Waals surface area contributed by atoms with Crippen molar-refractivity contribution in [3.8, 4) is 5.75 Å². The smallest absolute Gasteiger partial charge is 0.264 e. The van der Waals surface area contributed by atoms with E-state index in [1.54, 1.807) is 36.3 Å². The predicted molar refractivity (Wildman–Crippen MR) is 142 cm³/mol. The molecule has 2 heterocycles. The van der Waals surface area contributed by atoms with Gasteiger partial charge in [0.1, 0.15) is 11.9 Å². The average Bonchev–Trinajstić information content (AvgIpc) is 3.26. The lowest BCUT2D eigenvalue weighted by Crippen LogP contribution is -2.46. The van der Waals surface area contributed by atoms with Crippen LogP contribution in [0.4, 0.5) is 11.4 Å². The summed E-state index contributed by atoms with van der Waals surface area (Å²) in [6, 6.07) is 12.6. The standard InChI is InChI=1S/C27H36N2O7Si/c1-16-24(37(4,5)34)23(11-12-30)36-27(16)21-14-20(35-3)9-10-22(21)29(26(27)33)15-18-7-6-8-19(13-18)28-25(32)17(2)31/h6-10,13-14,16-17,23-24,30-31,34H,11-12,15H2,1-5H3,(H,28,32)/t16-,17+,23+,24-,27+/m1/s1. The summed E-state index contributed by atoms with van der Waals surface area (Å²) >= 11 is 0. The molecule has 4 N–H and O–H groups in total. The Labute approximate surface area is 218 Å². The summed E-state index contributed by atoms with van der Waals surface area (Å²) in [4.78, 5) is 39.1. The molecular weight excluding hydrogens is 492 g/mol. The highest BCUT2D eigenvalue weighted by atomic mass is 28.4. The van der Waals surface area contributed by atoms with Crippen molar-refractivity contribution >= 4 is 31.5 Å². The number of carbonyl (C=O) groups excluding carboxylic acids is 2. The SMILES string of the molecule is COc1ccc2c(c1)[C@]1(O[C@@H](CCO)[C@H]([Si](C)(C)O)[C@H]1C)C(=O)N2Cc1cccc(NC(=O)[C@H](C)O)c1. The Morgan fingerprint density at radius 1 is 1.27 bits per heavy atom. The highest BCUT2D eigenvalue weighted by Crippen LogP contribution is 2.60. The first kappa shape index (κ1) is 27.3. The van der Waals surface area contributed by atoms with Crippen LogP contribution in [0.5, 0.6) is 5.75 Å². The number of fused-ring (bicyclic) bond motifs is 2. The molecule has 0 aromatic heterocycles. The summed E-state index contributed by atoms with van der Waals surface area (Å²) in [6.45, 7) is 7.15. The number of hydrogen-bond acceptors (Lipinski definition) is 7. The number of rotatable bonds is 8. The zero-order valence-corrected chi connectivity index (χ0v) is 22.9. The first-order chi connectivity index (χ1) is 17.4. The van der Waals surface area contributed by atoms with Crippen molar-refractivity contribution in [2.75, 3.05) is 23.9 Å². The summed E-state index contributed by atoms with van der Waals surface area (Å²) in [7, 11) is -1.22. The van der Waals surface area contributed by atoms with E-state index >= 15 is 0 Å². The summed E-state index contributed by atoms with van der Waals surface area (Å²) in [5.74, 6) is -0.495. The van der Waals surface area contributed by atoms with Crippen LogP contribution in [0.3, 0.4) is 0 Å². The minimum absolute atomic E-state index is 0.109. The van der Waals surface area contributed by atoms with Gasteiger partial charge in [0.05, 0.1) is 25.4 Å². The number of methoxy groups -OCH3 is 1. The number of hydrogen-bond donors (Lipinski definition) is 4. The van der Waals surface area contributed by atoms with Crippen molar-refractivity contribution < 1.29 is 34.1 Å². The highest BCUT2D eigenvalue weighted by molar-refractivity contribution is 6.71. The molecule has 37 heavy (non-hydrogen) atoms. The van der Waals surface area contributed by atoms with Crippen molar-refractivity contribution in [2.24, 2.45) is 5.92 Å². The van der Waals surface area contributed by atoms with Crippen molar-refractivity contribution in [1.29, 1.82) is 0 Å². The fourth-order valence-corrected chi connectivity index (χ4v) is 8.52. The third-order valence-electron chi connectivity index (χ3n) is 7.52. The van der Waals surface area contributed by atoms with Crippen LogP contribution in [-0.2, 0) is 26.5 Å². The van der Waals surface area contributed by atoms with Crippen LogP contribution >= 0.6 is 0 Å². The van der Waals surface area contributed by atoms with E-state index in [9.17, 15) is 24.6 Å². The maximum absolute atomic E-state index is 14.3. The van der Waals surface area contributed by atoms with Crippen molar-refractivity contribution in [3.63, 3.8) is 0 Å². The van der Waals surface area contributed by atoms with Gasteiger partial charge < -0.3 is 34.7 Å². The lowest BCUT2D eigenvalue weighted by molar-refractivity contribution is -0.146. The van der Waals surface area contributed by atoms with Crippen molar-refractivity contribution in [3.05, 3.63) is 53.6 Å². The molecule has 1 fully saturated rings. The molecule has 0 unspecified atom stereocenters. The Morgan fingerprint density at radius 3 is 2.62 bits per heavy atom. The maximum atomic E-state index is 14.3. The van der Waals surface area contributed by atoms with Crippen LogP contribution in [-0.4, -0.2) is 61.1 Å². The molecule has 0 saturated carbocycles. The van der Waals surface area contributed by atoms with Crippen LogP contribution in [0.15, 0.2) is 42.5 Å². The Morgan fingerprint density at radius 2 is 2.00 bits per heavy atom. The van der Waals surface area contributed by atoms with E-state index in [2.05, 4.69) is 5.32 Å². The van der Waals surface area contributed by atoms with Gasteiger partial charge in [-0.3, -0.25) is 9.59 Å². The normalized spacial score (nSPS) is 25.9. The molecule has 0 aliphatic carbocycles. The molecule has 2 aromatic rings. The lowest BCUT2D eigenvalue weighted by Gasteiger charge is -2.32. The minimum atomic E-state index is -2.78. The van der Waals surface area contributed by atoms with Gasteiger partial charge in [-0.05, 0) is 62.3 Å². The summed E-state index contributed by atoms with van der Waals surface area (Å²) < 4.78 is 12.1. The summed E-state index contributed by atoms with van der Waals surface area (Å²) in [5, 5.41) is 21.9. The molecule has 2 aromatic carbocycles. The van der Waals surface area contributed by atoms with Gasteiger partial charge in [0, 0.05) is 29.3 Å². The Balaban J connectivity index is 1.76. The van der Waals surface area contributed by atoms with Gasteiger partial charge in [-0.15, -0.1) is 0 Å². The van der Waals surface area contributed by atoms with E-state index < -0.39 is 32.0 Å². The highest BCUT2D eigenvalue weighted by Gasteiger charge is 2.66. The summed E-state index contributed by atoms with van der Waals surface area (Å²) in [5.41, 5.74) is 1.09. The Hall–Kier alpha value is -2.76. The van der Waals surface area contributed by atoms with Gasteiger partial charge in [-0.2, -0.15) is 0 Å². The third kappa shape index (κ3) is 4.80. The number of amides is 2. The van der Waals surface area contributed by atoms with Gasteiger partial charge in [0.25, 0.3) is 11.8 Å². The molecular formula is C27H36N2O7Si. The van der Waals surface area contributed by atoms with Crippen molar-refractivity contribution in [1.82, 2.24) is 0 Å². The minimum Gasteiger partial charge on any atom is -0.497 e. The molecule has 200 valence electrons. The molecule has 0 bridgehead atoms. The zero-order chi connectivity index (χ0) is 27.1. The van der Waals surface area contributed by atoms with Crippen LogP contribution in [0.25, 0.3) is 0 Å². The van der Waals surface area contributed by atoms with Gasteiger partial charge >= 0.3 is 0 Å². The second-order valence-electron chi connectivity index (χ2n) is 10.5. The Kier molecular flexibility index (Phi) is 7.51. The molecule has 1 saturated heterocycles. The van der Waals surface area contributed by atoms with E-state index in [0.717, 1.165) is 5.56 Å². The van der Waals surface area contributed by atoms with Crippen molar-refractivity contribution in [2.45, 2.75) is 63.3 Å². The first-order valence-corrected chi connectivity index (χ1v) is 15.6. The molecule has 5 atom stereocenters. The monoisotopic (exact) mass is 528 g/mol. The lowest BCUT2D eigenvalue weighted by atomic mass is 9.82. The second-order valence-corrected chi connectivity index (χ2v) is 14.5. The van der Waals surface area contributed by atoms with Crippen LogP contribution in [0.1, 0.15) is 31.4 Å². The molecule has 1 spiro atoms. The van der Waals surface area contributed by atoms with Gasteiger partial charge in [0.2, 0.25) is 0 Å². The number of nitrogens with one attached hydrogen (secondary N) is 1. The average molecular weight is 529 g/mol. The molecule has 2 amide bonds. The fraction of sp³-hybridized carbons (Fsp3) is 0.481. The molecule has 2 aliphatic rings. The number of anilines is 2. The van der Waals surface area contributed by atoms with Crippen LogP contribution < -0.4 is 15.0 Å². The summed E-state index contributed by atoms with van der Waals surface area (Å²) in [6.07, 6.45) is -1.29. The zero-order valence-electron chi connectivity index (χ0n) is 21.9. The quantitative estimate of drug-likeness (QED) is 0.388.